The van der Waals surface area contributed by atoms with E-state index in [0.717, 1.165) is 0 Å². The third kappa shape index (κ3) is 2.13. The Bertz CT molecular complexity index is 19.2. The van der Waals surface area contributed by atoms with Crippen LogP contribution in [0, 0.1) is 5.92 Å². The summed E-state index contributed by atoms with van der Waals surface area (Å²) < 4.78 is 0. The van der Waals surface area contributed by atoms with Gasteiger partial charge in [-0.2, -0.15) is 0 Å². The lowest BCUT2D eigenvalue weighted by molar-refractivity contribution is 0.819. The van der Waals surface area contributed by atoms with E-state index in [4.69, 9.17) is 0 Å². The first-order valence-electron chi connectivity index (χ1n) is 2.62. The summed E-state index contributed by atoms with van der Waals surface area (Å²) in [6.07, 6.45) is 2.49. The van der Waals surface area contributed by atoms with Crippen molar-refractivity contribution in [1.82, 2.24) is 0 Å². The fraction of sp³-hybridized carbons (Fsp3) is 0.833. The normalized spacial score (nSPS) is 8.50. The van der Waals surface area contributed by atoms with Crippen LogP contribution in [0.15, 0.2) is 0 Å². The molecule has 0 nitrogen and oxygen atoms in total. The van der Waals surface area contributed by atoms with E-state index >= 15 is 0 Å². The lowest BCUT2D eigenvalue weighted by atomic mass is 10.4. The van der Waals surface area contributed by atoms with Crippen LogP contribution in [-0.4, -0.2) is 0 Å². The first kappa shape index (κ1) is 5.87. The smallest absolute Gasteiger partial charge is 0.0242 e. The van der Waals surface area contributed by atoms with Gasteiger partial charge in [-0.25, -0.2) is 0 Å². The standard InChI is InChI=1S/C6H13/c1-4-6(3)5-2/h4-5H2,1-3H3/q+1/i6+1. The Hall–Kier alpha value is -0.130. The molecule has 0 N–H and O–H groups in total. The zero-order chi connectivity index (χ0) is 4.99. The van der Waals surface area contributed by atoms with Crippen LogP contribution in [-0.2, 0) is 0 Å². The molecule has 0 aliphatic carbocycles. The molecule has 0 rings (SSSR count). The van der Waals surface area contributed by atoms with Crippen molar-refractivity contribution in [3.63, 3.8) is 0 Å². The summed E-state index contributed by atoms with van der Waals surface area (Å²) in [5.41, 5.74) is 0. The molecule has 0 aromatic rings. The van der Waals surface area contributed by atoms with Crippen molar-refractivity contribution in [1.29, 1.82) is 0 Å². The van der Waals surface area contributed by atoms with Crippen molar-refractivity contribution >= 4 is 0 Å². The minimum atomic E-state index is 1.25. The van der Waals surface area contributed by atoms with Crippen LogP contribution >= 0.6 is 0 Å². The molecular weight excluding hydrogens is 73.1 g/mol. The largest absolute Gasteiger partial charge is 0.0869 e. The summed E-state index contributed by atoms with van der Waals surface area (Å²) in [4.78, 5) is 0. The van der Waals surface area contributed by atoms with Gasteiger partial charge in [-0.1, -0.05) is 0 Å². The Balaban J connectivity index is 2.75. The molecule has 0 aliphatic heterocycles. The summed E-state index contributed by atoms with van der Waals surface area (Å²) in [6.45, 7) is 6.58. The van der Waals surface area contributed by atoms with Crippen LogP contribution in [0.3, 0.4) is 0 Å². The second kappa shape index (κ2) is 3.08. The molecule has 0 aromatic heterocycles. The van der Waals surface area contributed by atoms with E-state index in [1.807, 2.05) is 0 Å². The molecule has 0 fully saturated rings. The van der Waals surface area contributed by atoms with Crippen molar-refractivity contribution in [3.8, 4) is 0 Å². The van der Waals surface area contributed by atoms with Crippen LogP contribution in [0.2, 0.25) is 0 Å². The average Bonchev–Trinajstić information content (AvgIpc) is 1.65. The maximum atomic E-state index is 2.19. The molecule has 0 atom stereocenters. The molecule has 0 radical (unpaired) electrons. The van der Waals surface area contributed by atoms with Gasteiger partial charge in [-0.3, -0.25) is 0 Å². The minimum Gasteiger partial charge on any atom is -0.0242 e. The van der Waals surface area contributed by atoms with Gasteiger partial charge < -0.3 is 0 Å². The highest BCUT2D eigenvalue weighted by Crippen LogP contribution is 2.05. The highest BCUT2D eigenvalue weighted by atomic mass is 14.4. The van der Waals surface area contributed by atoms with E-state index in [0.29, 0.717) is 0 Å². The van der Waals surface area contributed by atoms with Gasteiger partial charge in [0.05, 0.1) is 25.7 Å². The zero-order valence-corrected chi connectivity index (χ0v) is 4.91. The van der Waals surface area contributed by atoms with E-state index in [1.165, 1.54) is 12.8 Å². The zero-order valence-electron chi connectivity index (χ0n) is 4.91. The quantitative estimate of drug-likeness (QED) is 0.357. The molecule has 36 valence electrons. The van der Waals surface area contributed by atoms with Gasteiger partial charge in [0, 0.05) is 0 Å². The van der Waals surface area contributed by atoms with Crippen molar-refractivity contribution in [2.24, 2.45) is 0 Å². The predicted octanol–water partition coefficient (Wildman–Crippen LogP) is 2.40. The van der Waals surface area contributed by atoms with Crippen molar-refractivity contribution in [3.05, 3.63) is 5.92 Å². The topological polar surface area (TPSA) is 0 Å². The molecule has 0 amide bonds. The highest BCUT2D eigenvalue weighted by molar-refractivity contribution is 4.78. The highest BCUT2D eigenvalue weighted by Gasteiger charge is 2.01. The van der Waals surface area contributed by atoms with Crippen LogP contribution < -0.4 is 0 Å². The molecule has 0 aliphatic rings. The fourth-order valence-electron chi connectivity index (χ4n) is 0.250. The van der Waals surface area contributed by atoms with Gasteiger partial charge in [-0.15, -0.1) is 0 Å². The summed E-state index contributed by atoms with van der Waals surface area (Å²) in [5, 5.41) is 0. The molecule has 0 saturated carbocycles. The third-order valence-electron chi connectivity index (χ3n) is 1.21. The van der Waals surface area contributed by atoms with Gasteiger partial charge in [0.2, 0.25) is 0 Å². The predicted molar refractivity (Wildman–Crippen MR) is 29.5 cm³/mol. The number of hydrogen-bond acceptors (Lipinski definition) is 0. The second-order valence-electron chi connectivity index (χ2n) is 1.66. The van der Waals surface area contributed by atoms with Crippen LogP contribution in [0.1, 0.15) is 33.6 Å². The average molecular weight is 86.2 g/mol. The van der Waals surface area contributed by atoms with Crippen molar-refractivity contribution in [2.45, 2.75) is 33.6 Å². The van der Waals surface area contributed by atoms with E-state index in [9.17, 15) is 0 Å². The molecular formula is C6H13+. The van der Waals surface area contributed by atoms with Crippen LogP contribution in [0.5, 0.6) is 0 Å². The molecule has 0 spiro atoms. The fourth-order valence-corrected chi connectivity index (χ4v) is 0.250. The Kier molecular flexibility index (Phi) is 3.01. The summed E-state index contributed by atoms with van der Waals surface area (Å²) in [7, 11) is 0. The molecule has 0 saturated heterocycles. The Morgan fingerprint density at radius 2 is 1.50 bits per heavy atom. The molecule has 0 bridgehead atoms. The maximum Gasteiger partial charge on any atom is 0.0869 e. The van der Waals surface area contributed by atoms with Gasteiger partial charge in [0.25, 0.3) is 0 Å². The van der Waals surface area contributed by atoms with Gasteiger partial charge in [0.15, 0.2) is 0 Å². The molecule has 0 aromatic carbocycles. The van der Waals surface area contributed by atoms with Gasteiger partial charge in [-0.05, 0) is 13.8 Å². The van der Waals surface area contributed by atoms with E-state index in [2.05, 4.69) is 20.8 Å². The summed E-state index contributed by atoms with van der Waals surface area (Å²) in [5.74, 6) is 1.59. The second-order valence-corrected chi connectivity index (χ2v) is 1.66. The molecule has 0 unspecified atom stereocenters. The SMILES string of the molecule is CC[13C+](C)CC. The van der Waals surface area contributed by atoms with E-state index in [1.54, 1.807) is 5.92 Å². The first-order valence-corrected chi connectivity index (χ1v) is 2.62. The first-order chi connectivity index (χ1) is 2.81. The monoisotopic (exact) mass is 86.1 g/mol. The Morgan fingerprint density at radius 1 is 1.17 bits per heavy atom. The third-order valence-corrected chi connectivity index (χ3v) is 1.21. The van der Waals surface area contributed by atoms with Crippen molar-refractivity contribution < 1.29 is 0 Å². The van der Waals surface area contributed by atoms with Crippen LogP contribution in [0.25, 0.3) is 0 Å². The Morgan fingerprint density at radius 3 is 1.50 bits per heavy atom. The summed E-state index contributed by atoms with van der Waals surface area (Å²) in [6, 6.07) is 0. The number of rotatable bonds is 2. The summed E-state index contributed by atoms with van der Waals surface area (Å²) >= 11 is 0. The maximum absolute atomic E-state index is 2.19. The number of hydrogen-bond donors (Lipinski definition) is 0. The van der Waals surface area contributed by atoms with Gasteiger partial charge in [0.1, 0.15) is 0 Å². The lowest BCUT2D eigenvalue weighted by Crippen LogP contribution is -1.81. The Labute approximate surface area is 40.6 Å². The molecule has 0 heteroatoms. The molecule has 6 heavy (non-hydrogen) atoms. The van der Waals surface area contributed by atoms with Crippen LogP contribution in [0.4, 0.5) is 0 Å². The molecule has 0 heterocycles. The van der Waals surface area contributed by atoms with E-state index < -0.39 is 0 Å². The van der Waals surface area contributed by atoms with E-state index in [-0.39, 0.29) is 0 Å². The minimum absolute atomic E-state index is 1.25. The van der Waals surface area contributed by atoms with Crippen molar-refractivity contribution in [2.75, 3.05) is 0 Å². The van der Waals surface area contributed by atoms with Gasteiger partial charge >= 0.3 is 0 Å². The lowest BCUT2D eigenvalue weighted by Gasteiger charge is -1.86.